The molecule has 0 aliphatic carbocycles. The molecule has 0 rings (SSSR count). The maximum atomic E-state index is 11.4. The van der Waals surface area contributed by atoms with Crippen molar-refractivity contribution in [2.24, 2.45) is 0 Å². The van der Waals surface area contributed by atoms with Gasteiger partial charge in [0.25, 0.3) is 0 Å². The van der Waals surface area contributed by atoms with Crippen molar-refractivity contribution < 1.29 is 9.53 Å². The second-order valence-electron chi connectivity index (χ2n) is 5.21. The summed E-state index contributed by atoms with van der Waals surface area (Å²) >= 11 is 3.42. The van der Waals surface area contributed by atoms with Crippen LogP contribution in [0.15, 0.2) is 12.2 Å². The molecule has 0 saturated heterocycles. The number of carbonyl (C=O) groups is 1. The lowest BCUT2D eigenvalue weighted by molar-refractivity contribution is -0.142. The fraction of sp³-hybridized carbons (Fsp3) is 0.824. The second kappa shape index (κ2) is 16.7. The Morgan fingerprint density at radius 3 is 2.40 bits per heavy atom. The van der Waals surface area contributed by atoms with Gasteiger partial charge in [0.1, 0.15) is 6.61 Å². The third-order valence-corrected chi connectivity index (χ3v) is 3.81. The molecule has 118 valence electrons. The van der Waals surface area contributed by atoms with E-state index in [1.807, 2.05) is 6.08 Å². The largest absolute Gasteiger partial charge is 0.461 e. The van der Waals surface area contributed by atoms with Crippen LogP contribution in [0.3, 0.4) is 0 Å². The number of allylic oxidation sites excluding steroid dienone is 1. The Balaban J connectivity index is 3.25. The maximum Gasteiger partial charge on any atom is 0.306 e. The molecule has 20 heavy (non-hydrogen) atoms. The molecule has 0 amide bonds. The fourth-order valence-corrected chi connectivity index (χ4v) is 2.38. The smallest absolute Gasteiger partial charge is 0.306 e. The van der Waals surface area contributed by atoms with E-state index in [0.717, 1.165) is 24.6 Å². The Morgan fingerprint density at radius 2 is 1.65 bits per heavy atom. The average Bonchev–Trinajstić information content (AvgIpc) is 2.45. The molecule has 0 atom stereocenters. The van der Waals surface area contributed by atoms with E-state index in [1.165, 1.54) is 44.9 Å². The zero-order chi connectivity index (χ0) is 14.9. The molecule has 0 aromatic heterocycles. The van der Waals surface area contributed by atoms with Crippen molar-refractivity contribution in [1.29, 1.82) is 0 Å². The zero-order valence-corrected chi connectivity index (χ0v) is 14.6. The van der Waals surface area contributed by atoms with Gasteiger partial charge in [-0.25, -0.2) is 0 Å². The average molecular weight is 347 g/mol. The molecule has 0 saturated carbocycles. The van der Waals surface area contributed by atoms with Crippen molar-refractivity contribution in [1.82, 2.24) is 0 Å². The summed E-state index contributed by atoms with van der Waals surface area (Å²) in [6, 6.07) is 0. The molecule has 0 N–H and O–H groups in total. The molecule has 0 spiro atoms. The molecule has 2 nitrogen and oxygen atoms in total. The van der Waals surface area contributed by atoms with Gasteiger partial charge in [-0.05, 0) is 25.7 Å². The van der Waals surface area contributed by atoms with Gasteiger partial charge in [0.15, 0.2) is 0 Å². The topological polar surface area (TPSA) is 26.3 Å². The molecular weight excluding hydrogens is 316 g/mol. The van der Waals surface area contributed by atoms with Crippen molar-refractivity contribution in [2.75, 3.05) is 11.9 Å². The first kappa shape index (κ1) is 19.7. The van der Waals surface area contributed by atoms with Gasteiger partial charge < -0.3 is 4.74 Å². The summed E-state index contributed by atoms with van der Waals surface area (Å²) in [4.78, 5) is 11.4. The number of rotatable bonds is 14. The molecule has 0 aliphatic rings. The fourth-order valence-electron chi connectivity index (χ4n) is 1.98. The molecule has 0 fully saturated rings. The Kier molecular flexibility index (Phi) is 16.5. The van der Waals surface area contributed by atoms with Crippen LogP contribution in [-0.4, -0.2) is 17.9 Å². The van der Waals surface area contributed by atoms with Crippen LogP contribution in [0.4, 0.5) is 0 Å². The monoisotopic (exact) mass is 346 g/mol. The number of ether oxygens (including phenoxy) is 1. The molecule has 0 bridgehead atoms. The van der Waals surface area contributed by atoms with Gasteiger partial charge in [-0.2, -0.15) is 0 Å². The van der Waals surface area contributed by atoms with Crippen molar-refractivity contribution in [3.05, 3.63) is 12.2 Å². The van der Waals surface area contributed by atoms with Crippen LogP contribution in [0.2, 0.25) is 0 Å². The van der Waals surface area contributed by atoms with Gasteiger partial charge in [-0.3, -0.25) is 4.79 Å². The van der Waals surface area contributed by atoms with Gasteiger partial charge in [0.2, 0.25) is 0 Å². The van der Waals surface area contributed by atoms with E-state index in [4.69, 9.17) is 4.74 Å². The van der Waals surface area contributed by atoms with E-state index < -0.39 is 0 Å². The number of unbranched alkanes of at least 4 members (excludes halogenated alkanes) is 8. The Bertz CT molecular complexity index is 239. The van der Waals surface area contributed by atoms with E-state index in [9.17, 15) is 4.79 Å². The van der Waals surface area contributed by atoms with E-state index in [-0.39, 0.29) is 5.97 Å². The normalized spacial score (nSPS) is 11.1. The summed E-state index contributed by atoms with van der Waals surface area (Å²) in [5.41, 5.74) is 0. The Labute approximate surface area is 133 Å². The molecule has 0 aromatic rings. The van der Waals surface area contributed by atoms with E-state index in [1.54, 1.807) is 0 Å². The number of hydrogen-bond acceptors (Lipinski definition) is 2. The number of hydrogen-bond donors (Lipinski definition) is 0. The SMILES string of the molecule is CCCCCC/C=C/COC(=O)CCCCCCCBr. The Morgan fingerprint density at radius 1 is 0.950 bits per heavy atom. The molecule has 0 radical (unpaired) electrons. The summed E-state index contributed by atoms with van der Waals surface area (Å²) in [5.74, 6) is -0.0545. The van der Waals surface area contributed by atoms with Crippen LogP contribution < -0.4 is 0 Å². The predicted octanol–water partition coefficient (Wildman–Crippen LogP) is 5.79. The standard InChI is InChI=1S/C17H31BrO2/c1-2-3-4-5-6-10-13-16-20-17(19)14-11-8-7-9-12-15-18/h10,13H,2-9,11-12,14-16H2,1H3/b13-10+. The van der Waals surface area contributed by atoms with Crippen LogP contribution in [0, 0.1) is 0 Å². The zero-order valence-electron chi connectivity index (χ0n) is 13.0. The second-order valence-corrected chi connectivity index (χ2v) is 6.00. The van der Waals surface area contributed by atoms with Gasteiger partial charge in [-0.15, -0.1) is 0 Å². The van der Waals surface area contributed by atoms with Crippen molar-refractivity contribution in [3.8, 4) is 0 Å². The third-order valence-electron chi connectivity index (χ3n) is 3.25. The lowest BCUT2D eigenvalue weighted by Crippen LogP contribution is -2.03. The molecule has 0 aromatic carbocycles. The van der Waals surface area contributed by atoms with Crippen LogP contribution in [-0.2, 0) is 9.53 Å². The number of alkyl halides is 1. The highest BCUT2D eigenvalue weighted by molar-refractivity contribution is 9.09. The highest BCUT2D eigenvalue weighted by Crippen LogP contribution is 2.07. The summed E-state index contributed by atoms with van der Waals surface area (Å²) in [7, 11) is 0. The summed E-state index contributed by atoms with van der Waals surface area (Å²) in [5, 5.41) is 1.08. The van der Waals surface area contributed by atoms with Crippen LogP contribution in [0.25, 0.3) is 0 Å². The number of halogens is 1. The minimum absolute atomic E-state index is 0.0545. The molecule has 0 unspecified atom stereocenters. The lowest BCUT2D eigenvalue weighted by atomic mass is 10.1. The Hall–Kier alpha value is -0.310. The molecule has 0 aliphatic heterocycles. The highest BCUT2D eigenvalue weighted by Gasteiger charge is 2.00. The maximum absolute atomic E-state index is 11.4. The van der Waals surface area contributed by atoms with Crippen LogP contribution in [0.5, 0.6) is 0 Å². The van der Waals surface area contributed by atoms with Gasteiger partial charge in [0.05, 0.1) is 0 Å². The molecule has 3 heteroatoms. The predicted molar refractivity (Wildman–Crippen MR) is 90.4 cm³/mol. The molecule has 0 heterocycles. The van der Waals surface area contributed by atoms with Crippen LogP contribution in [0.1, 0.15) is 77.6 Å². The van der Waals surface area contributed by atoms with E-state index in [2.05, 4.69) is 28.9 Å². The first-order valence-corrected chi connectivity index (χ1v) is 9.30. The van der Waals surface area contributed by atoms with Crippen molar-refractivity contribution >= 4 is 21.9 Å². The first-order valence-electron chi connectivity index (χ1n) is 8.17. The lowest BCUT2D eigenvalue weighted by Gasteiger charge is -2.02. The summed E-state index contributed by atoms with van der Waals surface area (Å²) < 4.78 is 5.16. The minimum atomic E-state index is -0.0545. The summed E-state index contributed by atoms with van der Waals surface area (Å²) in [6.07, 6.45) is 16.7. The van der Waals surface area contributed by atoms with Crippen molar-refractivity contribution in [3.63, 3.8) is 0 Å². The van der Waals surface area contributed by atoms with E-state index in [0.29, 0.717) is 13.0 Å². The third kappa shape index (κ3) is 15.7. The van der Waals surface area contributed by atoms with E-state index >= 15 is 0 Å². The van der Waals surface area contributed by atoms with Crippen LogP contribution >= 0.6 is 15.9 Å². The first-order chi connectivity index (χ1) is 9.81. The van der Waals surface area contributed by atoms with Gasteiger partial charge in [0, 0.05) is 11.8 Å². The van der Waals surface area contributed by atoms with Gasteiger partial charge >= 0.3 is 5.97 Å². The number of esters is 1. The van der Waals surface area contributed by atoms with Gasteiger partial charge in [-0.1, -0.05) is 73.5 Å². The number of carbonyl (C=O) groups excluding carboxylic acids is 1. The quantitative estimate of drug-likeness (QED) is 0.172. The molecular formula is C17H31BrO2. The summed E-state index contributed by atoms with van der Waals surface area (Å²) in [6.45, 7) is 2.66. The minimum Gasteiger partial charge on any atom is -0.461 e. The van der Waals surface area contributed by atoms with Crippen molar-refractivity contribution in [2.45, 2.75) is 77.6 Å². The highest BCUT2D eigenvalue weighted by atomic mass is 79.9.